The number of carbonyl (C=O) groups is 1. The predicted molar refractivity (Wildman–Crippen MR) is 142 cm³/mol. The number of hydrogen-bond donors (Lipinski definition) is 1. The minimum atomic E-state index is -0.559. The van der Waals surface area contributed by atoms with Gasteiger partial charge >= 0.3 is 5.97 Å². The minimum absolute atomic E-state index is 0.143. The molecule has 0 aromatic rings. The molecule has 0 aliphatic carbocycles. The van der Waals surface area contributed by atoms with Gasteiger partial charge in [-0.25, -0.2) is 0 Å². The summed E-state index contributed by atoms with van der Waals surface area (Å²) < 4.78 is 0. The van der Waals surface area contributed by atoms with E-state index in [9.17, 15) is 9.90 Å². The van der Waals surface area contributed by atoms with Gasteiger partial charge in [-0.3, -0.25) is 4.79 Å². The van der Waals surface area contributed by atoms with Crippen LogP contribution in [0.2, 0.25) is 0 Å². The molecule has 3 atom stereocenters. The number of aliphatic carboxylic acids is 1. The summed E-state index contributed by atoms with van der Waals surface area (Å²) in [4.78, 5) is 11.9. The Kier molecular flexibility index (Phi) is 23.2. The SMILES string of the molecule is CCCCCCCCCCCCCCCCCC(C)C(CC(CCC)CCCC)C(=O)O. The molecule has 0 saturated heterocycles. The highest BCUT2D eigenvalue weighted by molar-refractivity contribution is 5.70. The van der Waals surface area contributed by atoms with Crippen molar-refractivity contribution in [1.82, 2.24) is 0 Å². The molecule has 0 aromatic heterocycles. The number of carboxylic acids is 1. The summed E-state index contributed by atoms with van der Waals surface area (Å²) in [6.45, 7) is 8.93. The summed E-state index contributed by atoms with van der Waals surface area (Å²) in [5.41, 5.74) is 0. The van der Waals surface area contributed by atoms with Gasteiger partial charge < -0.3 is 5.11 Å². The zero-order valence-corrected chi connectivity index (χ0v) is 22.6. The highest BCUT2D eigenvalue weighted by Gasteiger charge is 2.27. The summed E-state index contributed by atoms with van der Waals surface area (Å²) in [5, 5.41) is 9.81. The van der Waals surface area contributed by atoms with E-state index in [-0.39, 0.29) is 5.92 Å². The van der Waals surface area contributed by atoms with Crippen LogP contribution in [0.15, 0.2) is 0 Å². The monoisotopic (exact) mass is 452 g/mol. The van der Waals surface area contributed by atoms with E-state index in [1.165, 1.54) is 128 Å². The predicted octanol–water partition coefficient (Wildman–Crippen LogP) is 10.6. The lowest BCUT2D eigenvalue weighted by molar-refractivity contribution is -0.144. The molecular formula is C30H60O2. The normalized spacial score (nSPS) is 14.4. The second-order valence-electron chi connectivity index (χ2n) is 10.7. The fourth-order valence-electron chi connectivity index (χ4n) is 5.26. The second-order valence-corrected chi connectivity index (χ2v) is 10.7. The fraction of sp³-hybridized carbons (Fsp3) is 0.967. The molecule has 0 saturated carbocycles. The van der Waals surface area contributed by atoms with Crippen molar-refractivity contribution in [2.24, 2.45) is 17.8 Å². The summed E-state index contributed by atoms with van der Waals surface area (Å²) in [6, 6.07) is 0. The smallest absolute Gasteiger partial charge is 0.306 e. The Bertz CT molecular complexity index is 392. The van der Waals surface area contributed by atoms with E-state index in [1.807, 2.05) is 0 Å². The molecule has 192 valence electrons. The third-order valence-electron chi connectivity index (χ3n) is 7.52. The topological polar surface area (TPSA) is 37.3 Å². The Morgan fingerprint density at radius 3 is 1.41 bits per heavy atom. The summed E-state index contributed by atoms with van der Waals surface area (Å²) in [7, 11) is 0. The van der Waals surface area contributed by atoms with E-state index >= 15 is 0 Å². The van der Waals surface area contributed by atoms with Gasteiger partial charge in [0.1, 0.15) is 0 Å². The molecule has 0 aromatic carbocycles. The van der Waals surface area contributed by atoms with Crippen LogP contribution >= 0.6 is 0 Å². The third kappa shape index (κ3) is 19.0. The summed E-state index contributed by atoms with van der Waals surface area (Å²) in [6.07, 6.45) is 28.8. The number of unbranched alkanes of at least 4 members (excludes halogenated alkanes) is 15. The Morgan fingerprint density at radius 1 is 0.562 bits per heavy atom. The average Bonchev–Trinajstić information content (AvgIpc) is 2.77. The molecule has 0 bridgehead atoms. The number of rotatable bonds is 25. The van der Waals surface area contributed by atoms with Crippen LogP contribution in [0.5, 0.6) is 0 Å². The van der Waals surface area contributed by atoms with Crippen molar-refractivity contribution >= 4 is 5.97 Å². The van der Waals surface area contributed by atoms with Gasteiger partial charge in [-0.2, -0.15) is 0 Å². The maximum absolute atomic E-state index is 11.9. The first kappa shape index (κ1) is 31.5. The van der Waals surface area contributed by atoms with Crippen LogP contribution in [0.1, 0.15) is 169 Å². The quantitative estimate of drug-likeness (QED) is 0.140. The molecule has 2 nitrogen and oxygen atoms in total. The lowest BCUT2D eigenvalue weighted by Crippen LogP contribution is -2.25. The molecule has 0 spiro atoms. The summed E-state index contributed by atoms with van der Waals surface area (Å²) in [5.74, 6) is 0.214. The van der Waals surface area contributed by atoms with E-state index in [2.05, 4.69) is 27.7 Å². The van der Waals surface area contributed by atoms with Crippen molar-refractivity contribution in [3.63, 3.8) is 0 Å². The molecule has 1 N–H and O–H groups in total. The van der Waals surface area contributed by atoms with Crippen LogP contribution < -0.4 is 0 Å². The molecule has 0 aliphatic heterocycles. The van der Waals surface area contributed by atoms with Gasteiger partial charge in [-0.1, -0.05) is 156 Å². The molecule has 0 heterocycles. The van der Waals surface area contributed by atoms with Crippen LogP contribution in [0.4, 0.5) is 0 Å². The van der Waals surface area contributed by atoms with E-state index in [1.54, 1.807) is 0 Å². The average molecular weight is 453 g/mol. The number of hydrogen-bond acceptors (Lipinski definition) is 1. The fourth-order valence-corrected chi connectivity index (χ4v) is 5.26. The molecule has 0 fully saturated rings. The maximum Gasteiger partial charge on any atom is 0.306 e. The Morgan fingerprint density at radius 2 is 1.00 bits per heavy atom. The van der Waals surface area contributed by atoms with Crippen molar-refractivity contribution < 1.29 is 9.90 Å². The van der Waals surface area contributed by atoms with E-state index in [0.29, 0.717) is 11.8 Å². The molecule has 32 heavy (non-hydrogen) atoms. The van der Waals surface area contributed by atoms with Gasteiger partial charge in [-0.05, 0) is 24.7 Å². The lowest BCUT2D eigenvalue weighted by Gasteiger charge is -2.25. The van der Waals surface area contributed by atoms with Crippen LogP contribution in [-0.2, 0) is 4.79 Å². The third-order valence-corrected chi connectivity index (χ3v) is 7.52. The first-order chi connectivity index (χ1) is 15.6. The van der Waals surface area contributed by atoms with Gasteiger partial charge in [0.25, 0.3) is 0 Å². The molecule has 0 amide bonds. The van der Waals surface area contributed by atoms with Gasteiger partial charge in [0.2, 0.25) is 0 Å². The van der Waals surface area contributed by atoms with E-state index < -0.39 is 5.97 Å². The van der Waals surface area contributed by atoms with Crippen molar-refractivity contribution in [3.05, 3.63) is 0 Å². The molecule has 3 unspecified atom stereocenters. The van der Waals surface area contributed by atoms with Crippen LogP contribution in [0.3, 0.4) is 0 Å². The second kappa shape index (κ2) is 23.6. The Labute approximate surface area is 202 Å². The highest BCUT2D eigenvalue weighted by Crippen LogP contribution is 2.30. The van der Waals surface area contributed by atoms with Crippen LogP contribution in [0, 0.1) is 17.8 Å². The largest absolute Gasteiger partial charge is 0.481 e. The van der Waals surface area contributed by atoms with Crippen LogP contribution in [0.25, 0.3) is 0 Å². The molecule has 0 rings (SSSR count). The van der Waals surface area contributed by atoms with E-state index in [4.69, 9.17) is 0 Å². The van der Waals surface area contributed by atoms with Gasteiger partial charge in [-0.15, -0.1) is 0 Å². The minimum Gasteiger partial charge on any atom is -0.481 e. The van der Waals surface area contributed by atoms with E-state index in [0.717, 1.165) is 12.8 Å². The van der Waals surface area contributed by atoms with Gasteiger partial charge in [0, 0.05) is 0 Å². The molecule has 2 heteroatoms. The first-order valence-corrected chi connectivity index (χ1v) is 14.8. The van der Waals surface area contributed by atoms with Gasteiger partial charge in [0.15, 0.2) is 0 Å². The Hall–Kier alpha value is -0.530. The molecular weight excluding hydrogens is 392 g/mol. The van der Waals surface area contributed by atoms with Crippen molar-refractivity contribution in [1.29, 1.82) is 0 Å². The van der Waals surface area contributed by atoms with Crippen molar-refractivity contribution in [2.45, 2.75) is 169 Å². The van der Waals surface area contributed by atoms with Gasteiger partial charge in [0.05, 0.1) is 5.92 Å². The van der Waals surface area contributed by atoms with Crippen LogP contribution in [-0.4, -0.2) is 11.1 Å². The molecule has 0 aliphatic rings. The first-order valence-electron chi connectivity index (χ1n) is 14.8. The van der Waals surface area contributed by atoms with Crippen molar-refractivity contribution in [2.75, 3.05) is 0 Å². The zero-order valence-electron chi connectivity index (χ0n) is 22.6. The maximum atomic E-state index is 11.9. The van der Waals surface area contributed by atoms with Crippen molar-refractivity contribution in [3.8, 4) is 0 Å². The number of carboxylic acid groups (broad SMARTS) is 1. The lowest BCUT2D eigenvalue weighted by atomic mass is 9.80. The highest BCUT2D eigenvalue weighted by atomic mass is 16.4. The molecule has 0 radical (unpaired) electrons. The zero-order chi connectivity index (χ0) is 23.9. The standard InChI is InChI=1S/C30H60O2/c1-5-8-10-11-12-13-14-15-16-17-18-19-20-21-22-24-27(4)29(30(31)32)26-28(23-7-3)25-9-6-2/h27-29H,5-26H2,1-4H3,(H,31,32). The Balaban J connectivity index is 3.75. The summed E-state index contributed by atoms with van der Waals surface area (Å²) >= 11 is 0.